The van der Waals surface area contributed by atoms with E-state index in [0.29, 0.717) is 0 Å². The van der Waals surface area contributed by atoms with Gasteiger partial charge in [-0.05, 0) is 44.7 Å². The third-order valence-corrected chi connectivity index (χ3v) is 4.06. The molecule has 2 rings (SSSR count). The average molecular weight is 217 g/mol. The van der Waals surface area contributed by atoms with Gasteiger partial charge in [0.05, 0.1) is 0 Å². The summed E-state index contributed by atoms with van der Waals surface area (Å²) < 4.78 is 0. The smallest absolute Gasteiger partial charge is 0.0104 e. The fourth-order valence-corrected chi connectivity index (χ4v) is 3.22. The molecule has 1 fully saturated rings. The Morgan fingerprint density at radius 1 is 1.19 bits per heavy atom. The lowest BCUT2D eigenvalue weighted by atomic mass is 9.64. The van der Waals surface area contributed by atoms with Crippen molar-refractivity contribution in [2.45, 2.75) is 45.6 Å². The number of hydrogen-bond acceptors (Lipinski definition) is 1. The predicted molar refractivity (Wildman–Crippen MR) is 69.9 cm³/mol. The topological polar surface area (TPSA) is 12.0 Å². The number of aryl methyl sites for hydroxylation is 2. The van der Waals surface area contributed by atoms with Crippen LogP contribution in [0.3, 0.4) is 0 Å². The van der Waals surface area contributed by atoms with Crippen molar-refractivity contribution in [1.82, 2.24) is 5.32 Å². The van der Waals surface area contributed by atoms with Gasteiger partial charge in [0.25, 0.3) is 0 Å². The zero-order chi connectivity index (χ0) is 11.7. The van der Waals surface area contributed by atoms with Gasteiger partial charge in [0.1, 0.15) is 0 Å². The fourth-order valence-electron chi connectivity index (χ4n) is 3.22. The molecule has 0 bridgehead atoms. The monoisotopic (exact) mass is 217 g/mol. The molecule has 1 aromatic carbocycles. The maximum atomic E-state index is 3.43. The second kappa shape index (κ2) is 4.58. The number of benzene rings is 1. The minimum Gasteiger partial charge on any atom is -0.317 e. The molecule has 1 saturated carbocycles. The van der Waals surface area contributed by atoms with E-state index in [1.807, 2.05) is 0 Å². The van der Waals surface area contributed by atoms with E-state index in [9.17, 15) is 0 Å². The van der Waals surface area contributed by atoms with Gasteiger partial charge in [-0.1, -0.05) is 42.7 Å². The van der Waals surface area contributed by atoms with Gasteiger partial charge in [0.15, 0.2) is 0 Å². The van der Waals surface area contributed by atoms with E-state index in [1.165, 1.54) is 24.0 Å². The summed E-state index contributed by atoms with van der Waals surface area (Å²) in [7, 11) is 2.09. The van der Waals surface area contributed by atoms with E-state index in [-0.39, 0.29) is 0 Å². The standard InChI is InChI=1S/C15H23N/c1-5-13-14(9-15(13)16-4)12-7-10(2)6-11(3)8-12/h6-8,13-16H,5,9H2,1-4H3. The molecule has 0 saturated heterocycles. The van der Waals surface area contributed by atoms with Crippen molar-refractivity contribution in [3.05, 3.63) is 34.9 Å². The minimum atomic E-state index is 0.732. The molecule has 0 aromatic heterocycles. The first-order valence-corrected chi connectivity index (χ1v) is 6.41. The maximum Gasteiger partial charge on any atom is 0.0104 e. The number of rotatable bonds is 3. The predicted octanol–water partition coefficient (Wildman–Crippen LogP) is 3.40. The molecule has 1 heteroatoms. The van der Waals surface area contributed by atoms with Crippen LogP contribution in [0, 0.1) is 19.8 Å². The Morgan fingerprint density at radius 2 is 1.81 bits per heavy atom. The van der Waals surface area contributed by atoms with E-state index < -0.39 is 0 Å². The van der Waals surface area contributed by atoms with Crippen molar-refractivity contribution >= 4 is 0 Å². The molecule has 0 radical (unpaired) electrons. The molecular formula is C15H23N. The molecule has 1 N–H and O–H groups in total. The van der Waals surface area contributed by atoms with Crippen LogP contribution in [-0.4, -0.2) is 13.1 Å². The van der Waals surface area contributed by atoms with E-state index in [2.05, 4.69) is 51.3 Å². The normalized spacial score (nSPS) is 28.9. The van der Waals surface area contributed by atoms with Crippen molar-refractivity contribution in [1.29, 1.82) is 0 Å². The highest BCUT2D eigenvalue weighted by atomic mass is 14.9. The molecule has 88 valence electrons. The van der Waals surface area contributed by atoms with Crippen LogP contribution in [0.5, 0.6) is 0 Å². The Morgan fingerprint density at radius 3 is 2.31 bits per heavy atom. The first kappa shape index (κ1) is 11.7. The molecule has 1 aliphatic rings. The Kier molecular flexibility index (Phi) is 3.34. The molecule has 3 unspecified atom stereocenters. The second-order valence-corrected chi connectivity index (χ2v) is 5.23. The maximum absolute atomic E-state index is 3.43. The molecule has 0 spiro atoms. The van der Waals surface area contributed by atoms with Gasteiger partial charge in [0, 0.05) is 6.04 Å². The fraction of sp³-hybridized carbons (Fsp3) is 0.600. The van der Waals surface area contributed by atoms with Crippen LogP contribution in [0.15, 0.2) is 18.2 Å². The van der Waals surface area contributed by atoms with E-state index >= 15 is 0 Å². The summed E-state index contributed by atoms with van der Waals surface area (Å²) in [5.74, 6) is 1.60. The van der Waals surface area contributed by atoms with Gasteiger partial charge in [-0.15, -0.1) is 0 Å². The van der Waals surface area contributed by atoms with Crippen LogP contribution >= 0.6 is 0 Å². The lowest BCUT2D eigenvalue weighted by Crippen LogP contribution is -2.47. The summed E-state index contributed by atoms with van der Waals surface area (Å²) in [4.78, 5) is 0. The van der Waals surface area contributed by atoms with E-state index in [4.69, 9.17) is 0 Å². The summed E-state index contributed by atoms with van der Waals surface area (Å²) in [6, 6.07) is 7.73. The molecule has 3 atom stereocenters. The summed E-state index contributed by atoms with van der Waals surface area (Å²) in [5.41, 5.74) is 4.35. The molecule has 0 amide bonds. The Labute approximate surface area is 99.3 Å². The van der Waals surface area contributed by atoms with Gasteiger partial charge in [-0.2, -0.15) is 0 Å². The highest BCUT2D eigenvalue weighted by Gasteiger charge is 2.39. The van der Waals surface area contributed by atoms with Crippen LogP contribution < -0.4 is 5.32 Å². The SMILES string of the molecule is CCC1C(NC)CC1c1cc(C)cc(C)c1. The largest absolute Gasteiger partial charge is 0.317 e. The summed E-state index contributed by atoms with van der Waals surface area (Å²) in [6.07, 6.45) is 2.58. The first-order chi connectivity index (χ1) is 7.65. The highest BCUT2D eigenvalue weighted by molar-refractivity contribution is 5.33. The number of nitrogens with one attached hydrogen (secondary N) is 1. The van der Waals surface area contributed by atoms with Crippen molar-refractivity contribution in [3.8, 4) is 0 Å². The van der Waals surface area contributed by atoms with E-state index in [0.717, 1.165) is 17.9 Å². The molecular weight excluding hydrogens is 194 g/mol. The van der Waals surface area contributed by atoms with Crippen LogP contribution in [-0.2, 0) is 0 Å². The van der Waals surface area contributed by atoms with Gasteiger partial charge in [-0.3, -0.25) is 0 Å². The van der Waals surface area contributed by atoms with Crippen LogP contribution in [0.2, 0.25) is 0 Å². The highest BCUT2D eigenvalue weighted by Crippen LogP contribution is 2.44. The first-order valence-electron chi connectivity index (χ1n) is 6.41. The van der Waals surface area contributed by atoms with Crippen LogP contribution in [0.4, 0.5) is 0 Å². The van der Waals surface area contributed by atoms with Crippen molar-refractivity contribution in [2.24, 2.45) is 5.92 Å². The minimum absolute atomic E-state index is 0.732. The Hall–Kier alpha value is -0.820. The third-order valence-electron chi connectivity index (χ3n) is 4.06. The second-order valence-electron chi connectivity index (χ2n) is 5.23. The lowest BCUT2D eigenvalue weighted by Gasteiger charge is -2.45. The zero-order valence-electron chi connectivity index (χ0n) is 10.9. The van der Waals surface area contributed by atoms with Gasteiger partial charge >= 0.3 is 0 Å². The van der Waals surface area contributed by atoms with Gasteiger partial charge < -0.3 is 5.32 Å². The van der Waals surface area contributed by atoms with Crippen molar-refractivity contribution < 1.29 is 0 Å². The summed E-state index contributed by atoms with van der Waals surface area (Å²) >= 11 is 0. The van der Waals surface area contributed by atoms with Gasteiger partial charge in [0.2, 0.25) is 0 Å². The zero-order valence-corrected chi connectivity index (χ0v) is 10.9. The van der Waals surface area contributed by atoms with Gasteiger partial charge in [-0.25, -0.2) is 0 Å². The molecule has 1 aromatic rings. The summed E-state index contributed by atoms with van der Waals surface area (Å²) in [5, 5.41) is 3.43. The van der Waals surface area contributed by atoms with Crippen molar-refractivity contribution in [2.75, 3.05) is 7.05 Å². The molecule has 16 heavy (non-hydrogen) atoms. The lowest BCUT2D eigenvalue weighted by molar-refractivity contribution is 0.169. The molecule has 1 aliphatic carbocycles. The molecule has 0 heterocycles. The quantitative estimate of drug-likeness (QED) is 0.818. The molecule has 0 aliphatic heterocycles. The van der Waals surface area contributed by atoms with E-state index in [1.54, 1.807) is 5.56 Å². The number of hydrogen-bond donors (Lipinski definition) is 1. The van der Waals surface area contributed by atoms with Crippen LogP contribution in [0.25, 0.3) is 0 Å². The Bertz CT molecular complexity index is 349. The Balaban J connectivity index is 2.19. The molecule has 1 nitrogen and oxygen atoms in total. The average Bonchev–Trinajstić information content (AvgIpc) is 2.16. The van der Waals surface area contributed by atoms with Crippen molar-refractivity contribution in [3.63, 3.8) is 0 Å². The summed E-state index contributed by atoms with van der Waals surface area (Å²) in [6.45, 7) is 6.71. The van der Waals surface area contributed by atoms with Crippen LogP contribution in [0.1, 0.15) is 42.4 Å². The third kappa shape index (κ3) is 2.01.